The van der Waals surface area contributed by atoms with E-state index in [9.17, 15) is 9.59 Å². The number of amides is 2. The van der Waals surface area contributed by atoms with Crippen LogP contribution < -0.4 is 11.1 Å². The average Bonchev–Trinajstić information content (AvgIpc) is 3.10. The second-order valence-electron chi connectivity index (χ2n) is 5.43. The fraction of sp³-hybridized carbons (Fsp3) is 0.118. The van der Waals surface area contributed by atoms with Crippen LogP contribution in [0.4, 0.5) is 5.69 Å². The molecule has 7 heteroatoms. The molecule has 2 heterocycles. The summed E-state index contributed by atoms with van der Waals surface area (Å²) in [5.41, 5.74) is 7.67. The highest BCUT2D eigenvalue weighted by Gasteiger charge is 2.05. The number of aromatic nitrogens is 3. The minimum atomic E-state index is -0.494. The van der Waals surface area contributed by atoms with Gasteiger partial charge in [0.2, 0.25) is 11.8 Å². The predicted molar refractivity (Wildman–Crippen MR) is 92.0 cm³/mol. The van der Waals surface area contributed by atoms with Gasteiger partial charge < -0.3 is 15.6 Å². The van der Waals surface area contributed by atoms with Gasteiger partial charge in [-0.05, 0) is 12.1 Å². The number of benzene rings is 1. The lowest BCUT2D eigenvalue weighted by Crippen LogP contribution is -2.18. The van der Waals surface area contributed by atoms with Crippen molar-refractivity contribution in [3.05, 3.63) is 54.5 Å². The molecule has 0 aliphatic carbocycles. The van der Waals surface area contributed by atoms with Gasteiger partial charge in [-0.25, -0.2) is 0 Å². The third-order valence-corrected chi connectivity index (χ3v) is 3.56. The van der Waals surface area contributed by atoms with Gasteiger partial charge in [0, 0.05) is 42.0 Å². The van der Waals surface area contributed by atoms with Crippen LogP contribution in [0.15, 0.2) is 48.9 Å². The fourth-order valence-electron chi connectivity index (χ4n) is 2.53. The SMILES string of the molecule is Cn1cc(/C=C/C(=O)Nc2cnn(CC(N)=O)c2)c2ccccc21. The van der Waals surface area contributed by atoms with E-state index in [1.165, 1.54) is 17.0 Å². The fourth-order valence-corrected chi connectivity index (χ4v) is 2.53. The number of nitrogens with one attached hydrogen (secondary N) is 1. The summed E-state index contributed by atoms with van der Waals surface area (Å²) in [7, 11) is 1.97. The molecule has 0 spiro atoms. The number of rotatable bonds is 5. The second-order valence-corrected chi connectivity index (χ2v) is 5.43. The highest BCUT2D eigenvalue weighted by Crippen LogP contribution is 2.21. The zero-order chi connectivity index (χ0) is 17.1. The summed E-state index contributed by atoms with van der Waals surface area (Å²) >= 11 is 0. The molecular weight excluding hydrogens is 306 g/mol. The van der Waals surface area contributed by atoms with Crippen LogP contribution in [0.3, 0.4) is 0 Å². The Morgan fingerprint density at radius 2 is 2.08 bits per heavy atom. The minimum Gasteiger partial charge on any atom is -0.368 e. The van der Waals surface area contributed by atoms with E-state index in [2.05, 4.69) is 10.4 Å². The molecule has 3 aromatic rings. The van der Waals surface area contributed by atoms with Crippen molar-refractivity contribution in [1.82, 2.24) is 14.3 Å². The molecule has 0 bridgehead atoms. The maximum absolute atomic E-state index is 12.0. The lowest BCUT2D eigenvalue weighted by Gasteiger charge is -1.97. The quantitative estimate of drug-likeness (QED) is 0.697. The summed E-state index contributed by atoms with van der Waals surface area (Å²) in [6, 6.07) is 7.99. The number of carbonyl (C=O) groups excluding carboxylic acids is 2. The summed E-state index contributed by atoms with van der Waals surface area (Å²) in [4.78, 5) is 22.9. The van der Waals surface area contributed by atoms with Gasteiger partial charge in [0.05, 0.1) is 11.9 Å². The van der Waals surface area contributed by atoms with Gasteiger partial charge in [-0.3, -0.25) is 14.3 Å². The summed E-state index contributed by atoms with van der Waals surface area (Å²) in [5, 5.41) is 7.72. The van der Waals surface area contributed by atoms with Gasteiger partial charge in [0.15, 0.2) is 0 Å². The van der Waals surface area contributed by atoms with E-state index in [0.717, 1.165) is 16.5 Å². The number of nitrogens with two attached hydrogens (primary N) is 1. The summed E-state index contributed by atoms with van der Waals surface area (Å²) in [6.45, 7) is -0.0261. The number of fused-ring (bicyclic) bond motifs is 1. The first-order chi connectivity index (χ1) is 11.5. The van der Waals surface area contributed by atoms with Crippen LogP contribution in [-0.4, -0.2) is 26.2 Å². The van der Waals surface area contributed by atoms with Crippen molar-refractivity contribution in [2.45, 2.75) is 6.54 Å². The van der Waals surface area contributed by atoms with Crippen LogP contribution in [0.5, 0.6) is 0 Å². The first-order valence-electron chi connectivity index (χ1n) is 7.37. The van der Waals surface area contributed by atoms with E-state index in [1.807, 2.05) is 42.1 Å². The van der Waals surface area contributed by atoms with E-state index in [4.69, 9.17) is 5.73 Å². The molecule has 3 rings (SSSR count). The van der Waals surface area contributed by atoms with Crippen molar-refractivity contribution in [2.75, 3.05) is 5.32 Å². The Kier molecular flexibility index (Phi) is 4.15. The van der Waals surface area contributed by atoms with Crippen LogP contribution in [-0.2, 0) is 23.2 Å². The van der Waals surface area contributed by atoms with E-state index in [0.29, 0.717) is 5.69 Å². The molecule has 3 N–H and O–H groups in total. The molecule has 122 valence electrons. The number of anilines is 1. The van der Waals surface area contributed by atoms with E-state index in [-0.39, 0.29) is 12.5 Å². The molecule has 0 saturated carbocycles. The minimum absolute atomic E-state index is 0.0261. The normalized spacial score (nSPS) is 11.2. The van der Waals surface area contributed by atoms with Crippen molar-refractivity contribution in [3.8, 4) is 0 Å². The maximum atomic E-state index is 12.0. The van der Waals surface area contributed by atoms with Crippen molar-refractivity contribution < 1.29 is 9.59 Å². The third-order valence-electron chi connectivity index (χ3n) is 3.56. The number of hydrogen-bond donors (Lipinski definition) is 2. The molecule has 0 saturated heterocycles. The number of carbonyl (C=O) groups is 2. The smallest absolute Gasteiger partial charge is 0.248 e. The number of nitrogens with zero attached hydrogens (tertiary/aromatic N) is 3. The summed E-state index contributed by atoms with van der Waals surface area (Å²) in [6.07, 6.45) is 8.22. The van der Waals surface area contributed by atoms with Crippen molar-refractivity contribution >= 4 is 34.5 Å². The summed E-state index contributed by atoms with van der Waals surface area (Å²) < 4.78 is 3.38. The molecule has 1 aromatic carbocycles. The Morgan fingerprint density at radius 3 is 2.88 bits per heavy atom. The zero-order valence-electron chi connectivity index (χ0n) is 13.1. The van der Waals surface area contributed by atoms with Gasteiger partial charge in [-0.15, -0.1) is 0 Å². The topological polar surface area (TPSA) is 94.9 Å². The molecule has 0 aliphatic heterocycles. The second kappa shape index (κ2) is 6.41. The van der Waals surface area contributed by atoms with Crippen LogP contribution >= 0.6 is 0 Å². The Labute approximate surface area is 138 Å². The first kappa shape index (κ1) is 15.5. The van der Waals surface area contributed by atoms with Crippen LogP contribution in [0.1, 0.15) is 5.56 Å². The van der Waals surface area contributed by atoms with Gasteiger partial charge in [-0.1, -0.05) is 18.2 Å². The van der Waals surface area contributed by atoms with Crippen molar-refractivity contribution in [3.63, 3.8) is 0 Å². The lowest BCUT2D eigenvalue weighted by atomic mass is 10.1. The van der Waals surface area contributed by atoms with Gasteiger partial charge in [0.1, 0.15) is 6.54 Å². The van der Waals surface area contributed by atoms with Crippen molar-refractivity contribution in [2.24, 2.45) is 12.8 Å². The average molecular weight is 323 g/mol. The van der Waals surface area contributed by atoms with Gasteiger partial charge in [0.25, 0.3) is 0 Å². The third kappa shape index (κ3) is 3.35. The number of hydrogen-bond acceptors (Lipinski definition) is 3. The van der Waals surface area contributed by atoms with Crippen LogP contribution in [0.2, 0.25) is 0 Å². The largest absolute Gasteiger partial charge is 0.368 e. The Bertz CT molecular complexity index is 936. The van der Waals surface area contributed by atoms with E-state index >= 15 is 0 Å². The standard InChI is InChI=1S/C17H17N5O2/c1-21-9-12(14-4-2-3-5-15(14)21)6-7-17(24)20-13-8-19-22(10-13)11-16(18)23/h2-10H,11H2,1H3,(H2,18,23)(H,20,24)/b7-6+. The first-order valence-corrected chi connectivity index (χ1v) is 7.37. The molecule has 0 radical (unpaired) electrons. The van der Waals surface area contributed by atoms with Gasteiger partial charge in [-0.2, -0.15) is 5.10 Å². The lowest BCUT2D eigenvalue weighted by molar-refractivity contribution is -0.118. The molecule has 0 aliphatic rings. The Balaban J connectivity index is 1.71. The van der Waals surface area contributed by atoms with Crippen molar-refractivity contribution in [1.29, 1.82) is 0 Å². The predicted octanol–water partition coefficient (Wildman–Crippen LogP) is 1.51. The molecule has 0 fully saturated rings. The van der Waals surface area contributed by atoms with Gasteiger partial charge >= 0.3 is 0 Å². The molecule has 7 nitrogen and oxygen atoms in total. The Morgan fingerprint density at radius 1 is 1.29 bits per heavy atom. The number of aryl methyl sites for hydroxylation is 1. The number of para-hydroxylation sites is 1. The monoisotopic (exact) mass is 323 g/mol. The Hall–Kier alpha value is -3.35. The molecule has 2 aromatic heterocycles. The van der Waals surface area contributed by atoms with Crippen LogP contribution in [0.25, 0.3) is 17.0 Å². The van der Waals surface area contributed by atoms with E-state index in [1.54, 1.807) is 12.3 Å². The molecule has 0 atom stereocenters. The summed E-state index contributed by atoms with van der Waals surface area (Å²) in [5.74, 6) is -0.770. The molecular formula is C17H17N5O2. The molecule has 24 heavy (non-hydrogen) atoms. The van der Waals surface area contributed by atoms with E-state index < -0.39 is 5.91 Å². The molecule has 2 amide bonds. The number of primary amides is 1. The molecule has 0 unspecified atom stereocenters. The maximum Gasteiger partial charge on any atom is 0.248 e. The van der Waals surface area contributed by atoms with Crippen LogP contribution in [0, 0.1) is 0 Å². The highest BCUT2D eigenvalue weighted by molar-refractivity contribution is 6.03. The highest BCUT2D eigenvalue weighted by atomic mass is 16.2. The zero-order valence-corrected chi connectivity index (χ0v) is 13.1.